The molecule has 0 bridgehead atoms. The number of hydrogen-bond acceptors (Lipinski definition) is 4. The number of carbonyl (C=O) groups is 1. The molecule has 3 rings (SSSR count). The molecule has 0 fully saturated rings. The zero-order valence-electron chi connectivity index (χ0n) is 11.9. The fourth-order valence-corrected chi connectivity index (χ4v) is 2.34. The van der Waals surface area contributed by atoms with Gasteiger partial charge in [0, 0.05) is 29.8 Å². The molecule has 106 valence electrons. The lowest BCUT2D eigenvalue weighted by atomic mass is 10.1. The molecule has 1 aromatic carbocycles. The second-order valence-electron chi connectivity index (χ2n) is 4.63. The third kappa shape index (κ3) is 2.27. The van der Waals surface area contributed by atoms with Crippen LogP contribution in [-0.4, -0.2) is 27.8 Å². The highest BCUT2D eigenvalue weighted by Crippen LogP contribution is 2.24. The first kappa shape index (κ1) is 13.3. The number of rotatable bonds is 4. The van der Waals surface area contributed by atoms with Crippen molar-refractivity contribution in [3.63, 3.8) is 0 Å². The molecule has 21 heavy (non-hydrogen) atoms. The summed E-state index contributed by atoms with van der Waals surface area (Å²) < 4.78 is 7.13. The van der Waals surface area contributed by atoms with Crippen molar-refractivity contribution in [3.05, 3.63) is 47.9 Å². The average molecular weight is 281 g/mol. The van der Waals surface area contributed by atoms with Crippen LogP contribution in [0.15, 0.2) is 36.5 Å². The van der Waals surface area contributed by atoms with Crippen molar-refractivity contribution >= 4 is 11.9 Å². The van der Waals surface area contributed by atoms with Gasteiger partial charge in [0.25, 0.3) is 0 Å². The predicted molar refractivity (Wildman–Crippen MR) is 79.7 cm³/mol. The smallest absolute Gasteiger partial charge is 0.218 e. The maximum atomic E-state index is 11.2. The molecule has 5 nitrogen and oxygen atoms in total. The Morgan fingerprint density at radius 1 is 1.29 bits per heavy atom. The number of ether oxygens (including phenoxy) is 1. The molecule has 2 heterocycles. The van der Waals surface area contributed by atoms with Gasteiger partial charge >= 0.3 is 0 Å². The van der Waals surface area contributed by atoms with E-state index in [4.69, 9.17) is 4.74 Å². The normalized spacial score (nSPS) is 10.8. The van der Waals surface area contributed by atoms with Crippen molar-refractivity contribution in [2.75, 3.05) is 7.11 Å². The van der Waals surface area contributed by atoms with Crippen molar-refractivity contribution in [3.8, 4) is 17.1 Å². The molecule has 0 aliphatic heterocycles. The van der Waals surface area contributed by atoms with E-state index in [9.17, 15) is 4.79 Å². The molecule has 0 radical (unpaired) electrons. The summed E-state index contributed by atoms with van der Waals surface area (Å²) in [5.41, 5.74) is 2.95. The van der Waals surface area contributed by atoms with E-state index in [0.717, 1.165) is 35.4 Å². The summed E-state index contributed by atoms with van der Waals surface area (Å²) in [4.78, 5) is 20.2. The fraction of sp³-hybridized carbons (Fsp3) is 0.188. The number of methoxy groups -OCH3 is 1. The van der Waals surface area contributed by atoms with E-state index < -0.39 is 0 Å². The first-order valence-electron chi connectivity index (χ1n) is 6.74. The van der Waals surface area contributed by atoms with Crippen LogP contribution in [0, 0.1) is 0 Å². The van der Waals surface area contributed by atoms with E-state index in [2.05, 4.69) is 9.97 Å². The Kier molecular flexibility index (Phi) is 3.39. The summed E-state index contributed by atoms with van der Waals surface area (Å²) in [5.74, 6) is 1.41. The summed E-state index contributed by atoms with van der Waals surface area (Å²) in [6.07, 6.45) is 3.51. The van der Waals surface area contributed by atoms with E-state index in [0.29, 0.717) is 11.4 Å². The van der Waals surface area contributed by atoms with Crippen molar-refractivity contribution in [2.24, 2.45) is 0 Å². The van der Waals surface area contributed by atoms with Gasteiger partial charge in [-0.15, -0.1) is 0 Å². The third-order valence-electron chi connectivity index (χ3n) is 3.39. The number of aryl methyl sites for hydroxylation is 1. The number of carbonyl (C=O) groups excluding carboxylic acids is 1. The van der Waals surface area contributed by atoms with Gasteiger partial charge in [-0.2, -0.15) is 4.98 Å². The summed E-state index contributed by atoms with van der Waals surface area (Å²) in [7, 11) is 1.59. The standard InChI is InChI=1S/C16H15N3O2/c1-3-14-18-16(21-2)8-15-17-13(9-19(14)15)12-7-5-4-6-11(12)10-20/h4-10H,3H2,1-2H3. The molecule has 0 aliphatic rings. The van der Waals surface area contributed by atoms with Gasteiger partial charge in [0.2, 0.25) is 5.88 Å². The maximum Gasteiger partial charge on any atom is 0.218 e. The molecule has 0 aliphatic carbocycles. The van der Waals surface area contributed by atoms with Crippen LogP contribution in [0.5, 0.6) is 5.88 Å². The van der Waals surface area contributed by atoms with Gasteiger partial charge in [-0.3, -0.25) is 9.20 Å². The molecule has 3 aromatic rings. The van der Waals surface area contributed by atoms with Crippen LogP contribution in [0.3, 0.4) is 0 Å². The Balaban J connectivity index is 2.23. The Bertz CT molecular complexity index is 808. The monoisotopic (exact) mass is 281 g/mol. The van der Waals surface area contributed by atoms with Gasteiger partial charge in [0.15, 0.2) is 6.29 Å². The number of aromatic nitrogens is 3. The van der Waals surface area contributed by atoms with Gasteiger partial charge in [0.05, 0.1) is 12.8 Å². The lowest BCUT2D eigenvalue weighted by molar-refractivity contribution is 0.112. The van der Waals surface area contributed by atoms with Crippen LogP contribution < -0.4 is 4.74 Å². The summed E-state index contributed by atoms with van der Waals surface area (Å²) >= 11 is 0. The predicted octanol–water partition coefficient (Wildman–Crippen LogP) is 2.78. The number of fused-ring (bicyclic) bond motifs is 1. The lowest BCUT2D eigenvalue weighted by Gasteiger charge is -2.04. The topological polar surface area (TPSA) is 56.5 Å². The highest BCUT2D eigenvalue weighted by molar-refractivity contribution is 5.86. The molecule has 0 N–H and O–H groups in total. The molecule has 0 saturated heterocycles. The van der Waals surface area contributed by atoms with E-state index in [-0.39, 0.29) is 0 Å². The van der Waals surface area contributed by atoms with Gasteiger partial charge in [0.1, 0.15) is 11.5 Å². The number of imidazole rings is 1. The summed E-state index contributed by atoms with van der Waals surface area (Å²) in [6, 6.07) is 9.19. The Morgan fingerprint density at radius 3 is 2.81 bits per heavy atom. The molecular formula is C16H15N3O2. The number of nitrogens with zero attached hydrogens (tertiary/aromatic N) is 3. The Hall–Kier alpha value is -2.69. The van der Waals surface area contributed by atoms with Crippen molar-refractivity contribution < 1.29 is 9.53 Å². The average Bonchev–Trinajstić information content (AvgIpc) is 2.97. The number of benzene rings is 1. The highest BCUT2D eigenvalue weighted by atomic mass is 16.5. The third-order valence-corrected chi connectivity index (χ3v) is 3.39. The molecule has 0 atom stereocenters. The van der Waals surface area contributed by atoms with E-state index in [1.54, 1.807) is 19.2 Å². The lowest BCUT2D eigenvalue weighted by Crippen LogP contribution is -2.00. The van der Waals surface area contributed by atoms with E-state index >= 15 is 0 Å². The summed E-state index contributed by atoms with van der Waals surface area (Å²) in [6.45, 7) is 2.03. The van der Waals surface area contributed by atoms with Gasteiger partial charge in [-0.05, 0) is 0 Å². The molecule has 0 amide bonds. The number of hydrogen-bond donors (Lipinski definition) is 0. The second-order valence-corrected chi connectivity index (χ2v) is 4.63. The van der Waals surface area contributed by atoms with E-state index in [1.165, 1.54) is 0 Å². The molecule has 0 spiro atoms. The maximum absolute atomic E-state index is 11.2. The van der Waals surface area contributed by atoms with Crippen LogP contribution in [0.2, 0.25) is 0 Å². The van der Waals surface area contributed by atoms with Crippen LogP contribution >= 0.6 is 0 Å². The van der Waals surface area contributed by atoms with Crippen LogP contribution in [0.1, 0.15) is 23.1 Å². The van der Waals surface area contributed by atoms with Crippen LogP contribution in [0.25, 0.3) is 16.9 Å². The first-order chi connectivity index (χ1) is 10.3. The molecule has 5 heteroatoms. The van der Waals surface area contributed by atoms with Crippen LogP contribution in [0.4, 0.5) is 0 Å². The molecule has 0 saturated carbocycles. The van der Waals surface area contributed by atoms with E-state index in [1.807, 2.05) is 35.7 Å². The van der Waals surface area contributed by atoms with Gasteiger partial charge in [-0.25, -0.2) is 4.98 Å². The minimum Gasteiger partial charge on any atom is -0.481 e. The minimum atomic E-state index is 0.542. The molecular weight excluding hydrogens is 266 g/mol. The zero-order chi connectivity index (χ0) is 14.8. The van der Waals surface area contributed by atoms with Gasteiger partial charge < -0.3 is 4.74 Å². The molecule has 2 aromatic heterocycles. The minimum absolute atomic E-state index is 0.542. The zero-order valence-corrected chi connectivity index (χ0v) is 11.9. The quantitative estimate of drug-likeness (QED) is 0.690. The van der Waals surface area contributed by atoms with Crippen LogP contribution in [-0.2, 0) is 6.42 Å². The first-order valence-corrected chi connectivity index (χ1v) is 6.74. The number of aldehydes is 1. The summed E-state index contributed by atoms with van der Waals surface area (Å²) in [5, 5.41) is 0. The largest absolute Gasteiger partial charge is 0.481 e. The molecule has 0 unspecified atom stereocenters. The van der Waals surface area contributed by atoms with Crippen molar-refractivity contribution in [2.45, 2.75) is 13.3 Å². The SMILES string of the molecule is CCc1nc(OC)cc2nc(-c3ccccc3C=O)cn12. The Morgan fingerprint density at radius 2 is 2.10 bits per heavy atom. The van der Waals surface area contributed by atoms with Crippen molar-refractivity contribution in [1.82, 2.24) is 14.4 Å². The fourth-order valence-electron chi connectivity index (χ4n) is 2.34. The highest BCUT2D eigenvalue weighted by Gasteiger charge is 2.12. The Labute approximate surface area is 122 Å². The van der Waals surface area contributed by atoms with Gasteiger partial charge in [-0.1, -0.05) is 31.2 Å². The second kappa shape index (κ2) is 5.36. The van der Waals surface area contributed by atoms with Crippen molar-refractivity contribution in [1.29, 1.82) is 0 Å².